The zero-order chi connectivity index (χ0) is 17.4. The quantitative estimate of drug-likeness (QED) is 0.823. The predicted molar refractivity (Wildman–Crippen MR) is 100 cm³/mol. The number of anilines is 1. The van der Waals surface area contributed by atoms with Gasteiger partial charge in [0.15, 0.2) is 5.09 Å². The Hall–Kier alpha value is -1.72. The molecule has 25 heavy (non-hydrogen) atoms. The van der Waals surface area contributed by atoms with Crippen LogP contribution in [0.2, 0.25) is 0 Å². The first-order valence-corrected chi connectivity index (χ1v) is 9.78. The van der Waals surface area contributed by atoms with Crippen LogP contribution >= 0.6 is 11.8 Å². The third kappa shape index (κ3) is 3.48. The molecular formula is C20H24N2O2S. The highest BCUT2D eigenvalue weighted by Crippen LogP contribution is 2.37. The van der Waals surface area contributed by atoms with Gasteiger partial charge in [0, 0.05) is 24.4 Å². The molecule has 2 aromatic rings. The number of furan rings is 1. The van der Waals surface area contributed by atoms with Crippen molar-refractivity contribution >= 4 is 23.6 Å². The van der Waals surface area contributed by atoms with Crippen molar-refractivity contribution in [2.75, 3.05) is 24.5 Å². The maximum Gasteiger partial charge on any atom is 0.226 e. The molecule has 0 aliphatic carbocycles. The second-order valence-corrected chi connectivity index (χ2v) is 8.18. The monoisotopic (exact) mass is 356 g/mol. The van der Waals surface area contributed by atoms with Crippen LogP contribution in [0.15, 0.2) is 50.8 Å². The summed E-state index contributed by atoms with van der Waals surface area (Å²) in [6.45, 7) is 7.02. The molecule has 2 bridgehead atoms. The van der Waals surface area contributed by atoms with Crippen LogP contribution in [0.5, 0.6) is 0 Å². The van der Waals surface area contributed by atoms with E-state index in [0.717, 1.165) is 16.5 Å². The van der Waals surface area contributed by atoms with E-state index < -0.39 is 0 Å². The van der Waals surface area contributed by atoms with Crippen molar-refractivity contribution in [1.82, 2.24) is 4.90 Å². The van der Waals surface area contributed by atoms with Crippen molar-refractivity contribution in [2.24, 2.45) is 5.92 Å². The number of nitrogens with zero attached hydrogens (tertiary/aromatic N) is 2. The number of amides is 1. The Morgan fingerprint density at radius 3 is 2.48 bits per heavy atom. The molecule has 132 valence electrons. The third-order valence-electron chi connectivity index (χ3n) is 5.34. The van der Waals surface area contributed by atoms with Crippen molar-refractivity contribution in [1.29, 1.82) is 0 Å². The Kier molecular flexibility index (Phi) is 4.61. The fourth-order valence-corrected chi connectivity index (χ4v) is 4.76. The van der Waals surface area contributed by atoms with Gasteiger partial charge in [0.25, 0.3) is 0 Å². The van der Waals surface area contributed by atoms with Crippen LogP contribution in [0.3, 0.4) is 0 Å². The summed E-state index contributed by atoms with van der Waals surface area (Å²) in [4.78, 5) is 17.9. The van der Waals surface area contributed by atoms with Gasteiger partial charge >= 0.3 is 0 Å². The number of hydrogen-bond acceptors (Lipinski definition) is 4. The number of rotatable bonds is 4. The predicted octanol–water partition coefficient (Wildman–Crippen LogP) is 4.19. The first kappa shape index (κ1) is 16.7. The lowest BCUT2D eigenvalue weighted by Crippen LogP contribution is -2.58. The maximum atomic E-state index is 12.4. The molecule has 5 heteroatoms. The number of piperidine rings is 3. The highest BCUT2D eigenvalue weighted by atomic mass is 32.2. The molecule has 1 amide bonds. The number of carbonyl (C=O) groups is 1. The van der Waals surface area contributed by atoms with Gasteiger partial charge in [-0.3, -0.25) is 9.69 Å². The number of aryl methyl sites for hydroxylation is 1. The van der Waals surface area contributed by atoms with Crippen molar-refractivity contribution < 1.29 is 9.21 Å². The minimum atomic E-state index is 0.0694. The number of benzene rings is 1. The Labute approximate surface area is 153 Å². The fourth-order valence-electron chi connectivity index (χ4n) is 4.00. The SMILES string of the molecule is CC(=O)N(c1ccc(Sc2ccc(C)cc2)o1)[C@H]1CN2CCC1CC2. The van der Waals surface area contributed by atoms with E-state index in [2.05, 4.69) is 36.1 Å². The standard InChI is InChI=1S/C20H24N2O2S/c1-14-3-5-17(6-4-14)25-20-8-7-19(24-20)22(15(2)23)18-13-21-11-9-16(18)10-12-21/h3-8,16,18H,9-13H2,1-2H3/t18-/m0/s1. The van der Waals surface area contributed by atoms with E-state index in [4.69, 9.17) is 4.42 Å². The summed E-state index contributed by atoms with van der Waals surface area (Å²) in [6.07, 6.45) is 2.36. The van der Waals surface area contributed by atoms with Crippen molar-refractivity contribution in [3.63, 3.8) is 0 Å². The highest BCUT2D eigenvalue weighted by molar-refractivity contribution is 7.99. The fraction of sp³-hybridized carbons (Fsp3) is 0.450. The van der Waals surface area contributed by atoms with Gasteiger partial charge in [-0.15, -0.1) is 0 Å². The summed E-state index contributed by atoms with van der Waals surface area (Å²) < 4.78 is 6.05. The van der Waals surface area contributed by atoms with Crippen LogP contribution in [-0.4, -0.2) is 36.5 Å². The largest absolute Gasteiger partial charge is 0.434 e. The minimum absolute atomic E-state index is 0.0694. The average molecular weight is 356 g/mol. The molecule has 0 saturated carbocycles. The van der Waals surface area contributed by atoms with Crippen molar-refractivity contribution in [3.8, 4) is 0 Å². The van der Waals surface area contributed by atoms with E-state index in [1.54, 1.807) is 18.7 Å². The van der Waals surface area contributed by atoms with Gasteiger partial charge in [0.1, 0.15) is 0 Å². The molecule has 3 saturated heterocycles. The van der Waals surface area contributed by atoms with E-state index in [0.29, 0.717) is 11.8 Å². The van der Waals surface area contributed by atoms with Gasteiger partial charge in [-0.2, -0.15) is 0 Å². The molecule has 4 heterocycles. The van der Waals surface area contributed by atoms with E-state index in [1.807, 2.05) is 17.0 Å². The lowest BCUT2D eigenvalue weighted by molar-refractivity contribution is -0.118. The highest BCUT2D eigenvalue weighted by Gasteiger charge is 2.40. The Bertz CT molecular complexity index is 747. The summed E-state index contributed by atoms with van der Waals surface area (Å²) in [5.41, 5.74) is 1.24. The molecule has 0 spiro atoms. The van der Waals surface area contributed by atoms with Crippen LogP contribution in [0.1, 0.15) is 25.3 Å². The van der Waals surface area contributed by atoms with Crippen LogP contribution in [0, 0.1) is 12.8 Å². The molecule has 4 nitrogen and oxygen atoms in total. The molecule has 0 radical (unpaired) electrons. The number of fused-ring (bicyclic) bond motifs is 3. The third-order valence-corrected chi connectivity index (χ3v) is 6.27. The molecule has 1 aromatic heterocycles. The van der Waals surface area contributed by atoms with Crippen LogP contribution in [0.25, 0.3) is 0 Å². The zero-order valence-electron chi connectivity index (χ0n) is 14.8. The average Bonchev–Trinajstić information content (AvgIpc) is 3.06. The van der Waals surface area contributed by atoms with Crippen molar-refractivity contribution in [3.05, 3.63) is 42.0 Å². The summed E-state index contributed by atoms with van der Waals surface area (Å²) in [5, 5.41) is 0.825. The lowest BCUT2D eigenvalue weighted by atomic mass is 9.83. The second kappa shape index (κ2) is 6.89. The van der Waals surface area contributed by atoms with Gasteiger partial charge in [-0.25, -0.2) is 0 Å². The normalized spacial score (nSPS) is 25.1. The number of hydrogen-bond donors (Lipinski definition) is 0. The molecule has 3 fully saturated rings. The number of carbonyl (C=O) groups excluding carboxylic acids is 1. The summed E-state index contributed by atoms with van der Waals surface area (Å²) >= 11 is 1.59. The van der Waals surface area contributed by atoms with Crippen molar-refractivity contribution in [2.45, 2.75) is 42.7 Å². The topological polar surface area (TPSA) is 36.7 Å². The van der Waals surface area contributed by atoms with Gasteiger partial charge in [0.2, 0.25) is 11.8 Å². The van der Waals surface area contributed by atoms with Gasteiger partial charge in [-0.1, -0.05) is 29.5 Å². The molecule has 3 aliphatic rings. The van der Waals surface area contributed by atoms with E-state index >= 15 is 0 Å². The second-order valence-electron chi connectivity index (χ2n) is 7.10. The first-order chi connectivity index (χ1) is 12.1. The Balaban J connectivity index is 1.54. The van der Waals surface area contributed by atoms with E-state index in [9.17, 15) is 4.79 Å². The minimum Gasteiger partial charge on any atom is -0.434 e. The summed E-state index contributed by atoms with van der Waals surface area (Å²) in [6, 6.07) is 12.5. The molecule has 0 unspecified atom stereocenters. The summed E-state index contributed by atoms with van der Waals surface area (Å²) in [7, 11) is 0. The van der Waals surface area contributed by atoms with E-state index in [-0.39, 0.29) is 11.9 Å². The molecule has 3 aliphatic heterocycles. The molecular weight excluding hydrogens is 332 g/mol. The molecule has 1 aromatic carbocycles. The van der Waals surface area contributed by atoms with Gasteiger partial charge in [0.05, 0.1) is 6.04 Å². The summed E-state index contributed by atoms with van der Waals surface area (Å²) in [5.74, 6) is 1.34. The van der Waals surface area contributed by atoms with Crippen LogP contribution < -0.4 is 4.90 Å². The first-order valence-electron chi connectivity index (χ1n) is 8.96. The zero-order valence-corrected chi connectivity index (χ0v) is 15.6. The van der Waals surface area contributed by atoms with Gasteiger partial charge in [-0.05, 0) is 57.0 Å². The van der Waals surface area contributed by atoms with Gasteiger partial charge < -0.3 is 9.32 Å². The van der Waals surface area contributed by atoms with Crippen LogP contribution in [0.4, 0.5) is 5.88 Å². The maximum absolute atomic E-state index is 12.4. The van der Waals surface area contributed by atoms with E-state index in [1.165, 1.54) is 31.5 Å². The smallest absolute Gasteiger partial charge is 0.226 e. The Morgan fingerprint density at radius 1 is 1.16 bits per heavy atom. The molecule has 5 rings (SSSR count). The Morgan fingerprint density at radius 2 is 1.88 bits per heavy atom. The molecule has 0 N–H and O–H groups in total. The van der Waals surface area contributed by atoms with Crippen LogP contribution in [-0.2, 0) is 4.79 Å². The molecule has 1 atom stereocenters. The lowest BCUT2D eigenvalue weighted by Gasteiger charge is -2.48.